The van der Waals surface area contributed by atoms with Gasteiger partial charge in [-0.15, -0.1) is 0 Å². The number of carbonyl (C=O) groups is 1. The van der Waals surface area contributed by atoms with Gasteiger partial charge in [-0.25, -0.2) is 9.59 Å². The first kappa shape index (κ1) is 5.98. The van der Waals surface area contributed by atoms with Crippen molar-refractivity contribution in [2.24, 2.45) is 4.99 Å². The van der Waals surface area contributed by atoms with Crippen LogP contribution in [-0.4, -0.2) is 24.7 Å². The van der Waals surface area contributed by atoms with E-state index < -0.39 is 12.0 Å². The largest absolute Gasteiger partial charge is 0.464 e. The van der Waals surface area contributed by atoms with E-state index in [1.807, 2.05) is 0 Å². The highest BCUT2D eigenvalue weighted by Gasteiger charge is 2.25. The van der Waals surface area contributed by atoms with Crippen LogP contribution < -0.4 is 0 Å². The molecule has 0 amide bonds. The Kier molecular flexibility index (Phi) is 1.60. The Bertz CT molecular complexity index is 171. The van der Waals surface area contributed by atoms with E-state index in [1.165, 1.54) is 6.08 Å². The van der Waals surface area contributed by atoms with Crippen LogP contribution in [0.15, 0.2) is 4.99 Å². The average Bonchev–Trinajstić information content (AvgIpc) is 2.18. The molecule has 0 spiro atoms. The van der Waals surface area contributed by atoms with Crippen LogP contribution in [0, 0.1) is 0 Å². The molecule has 1 heterocycles. The molecule has 1 atom stereocenters. The third kappa shape index (κ3) is 1.15. The molecule has 0 aromatic carbocycles. The molecule has 0 aromatic heterocycles. The van der Waals surface area contributed by atoms with Gasteiger partial charge in [-0.05, 0) is 0 Å². The Balaban J connectivity index is 2.59. The van der Waals surface area contributed by atoms with E-state index in [9.17, 15) is 9.59 Å². The van der Waals surface area contributed by atoms with E-state index in [1.54, 1.807) is 0 Å². The Morgan fingerprint density at radius 1 is 1.78 bits per heavy atom. The number of rotatable bonds is 1. The van der Waals surface area contributed by atoms with Gasteiger partial charge in [-0.1, -0.05) is 0 Å². The number of nitrogens with zero attached hydrogens (tertiary/aromatic N) is 1. The molecule has 0 N–H and O–H groups in total. The van der Waals surface area contributed by atoms with Crippen molar-refractivity contribution in [1.29, 1.82) is 0 Å². The van der Waals surface area contributed by atoms with E-state index in [0.29, 0.717) is 13.0 Å². The first-order chi connectivity index (χ1) is 4.34. The second-order valence-corrected chi connectivity index (χ2v) is 1.69. The fourth-order valence-electron chi connectivity index (χ4n) is 0.666. The number of cyclic esters (lactones) is 1. The van der Waals surface area contributed by atoms with Gasteiger partial charge in [0.05, 0.1) is 6.61 Å². The van der Waals surface area contributed by atoms with Gasteiger partial charge < -0.3 is 4.74 Å². The summed E-state index contributed by atoms with van der Waals surface area (Å²) in [5.41, 5.74) is 0. The van der Waals surface area contributed by atoms with Crippen LogP contribution >= 0.6 is 0 Å². The minimum atomic E-state index is -0.581. The zero-order valence-corrected chi connectivity index (χ0v) is 4.66. The average molecular weight is 127 g/mol. The molecule has 1 aliphatic rings. The second kappa shape index (κ2) is 2.42. The predicted octanol–water partition coefficient (Wildman–Crippen LogP) is -0.362. The monoisotopic (exact) mass is 127 g/mol. The van der Waals surface area contributed by atoms with Gasteiger partial charge in [0.15, 0.2) is 6.04 Å². The van der Waals surface area contributed by atoms with Crippen molar-refractivity contribution in [2.45, 2.75) is 12.5 Å². The summed E-state index contributed by atoms with van der Waals surface area (Å²) in [5.74, 6) is -0.418. The van der Waals surface area contributed by atoms with Crippen LogP contribution in [0.3, 0.4) is 0 Å². The van der Waals surface area contributed by atoms with E-state index in [0.717, 1.165) is 0 Å². The van der Waals surface area contributed by atoms with E-state index in [4.69, 9.17) is 0 Å². The highest BCUT2D eigenvalue weighted by atomic mass is 16.5. The Morgan fingerprint density at radius 3 is 3.00 bits per heavy atom. The molecule has 0 radical (unpaired) electrons. The zero-order chi connectivity index (χ0) is 6.69. The standard InChI is InChI=1S/C5H5NO3/c7-3-6-4-1-2-9-5(4)8/h4H,1-2H2. The molecule has 1 saturated heterocycles. The molecule has 1 fully saturated rings. The second-order valence-electron chi connectivity index (χ2n) is 1.69. The zero-order valence-electron chi connectivity index (χ0n) is 4.66. The molecular formula is C5H5NO3. The number of aliphatic imine (C=N–C) groups is 1. The van der Waals surface area contributed by atoms with Crippen molar-refractivity contribution in [3.05, 3.63) is 0 Å². The Labute approximate surface area is 51.5 Å². The quantitative estimate of drug-likeness (QED) is 0.274. The minimum absolute atomic E-state index is 0.370. The number of hydrogen-bond donors (Lipinski definition) is 0. The Hall–Kier alpha value is -1.15. The predicted molar refractivity (Wildman–Crippen MR) is 27.5 cm³/mol. The number of isocyanates is 1. The van der Waals surface area contributed by atoms with Crippen molar-refractivity contribution >= 4 is 12.0 Å². The third-order valence-corrected chi connectivity index (χ3v) is 1.12. The van der Waals surface area contributed by atoms with Gasteiger partial charge in [0.1, 0.15) is 0 Å². The SMILES string of the molecule is O=C=NC1CCOC1=O. The maximum absolute atomic E-state index is 10.5. The molecule has 4 nitrogen and oxygen atoms in total. The molecule has 48 valence electrons. The van der Waals surface area contributed by atoms with E-state index >= 15 is 0 Å². The van der Waals surface area contributed by atoms with Crippen molar-refractivity contribution < 1.29 is 14.3 Å². The van der Waals surface area contributed by atoms with Gasteiger partial charge in [0.25, 0.3) is 0 Å². The summed E-state index contributed by atoms with van der Waals surface area (Å²) >= 11 is 0. The summed E-state index contributed by atoms with van der Waals surface area (Å²) in [5, 5.41) is 0. The molecule has 0 bridgehead atoms. The van der Waals surface area contributed by atoms with Crippen molar-refractivity contribution in [2.75, 3.05) is 6.61 Å². The van der Waals surface area contributed by atoms with Gasteiger partial charge in [0, 0.05) is 6.42 Å². The highest BCUT2D eigenvalue weighted by Crippen LogP contribution is 2.08. The van der Waals surface area contributed by atoms with E-state index in [2.05, 4.69) is 9.73 Å². The lowest BCUT2D eigenvalue weighted by atomic mass is 10.3. The fraction of sp³-hybridized carbons (Fsp3) is 0.600. The molecular weight excluding hydrogens is 122 g/mol. The van der Waals surface area contributed by atoms with Gasteiger partial charge in [-0.2, -0.15) is 4.99 Å². The van der Waals surface area contributed by atoms with Gasteiger partial charge in [-0.3, -0.25) is 0 Å². The summed E-state index contributed by atoms with van der Waals surface area (Å²) in [7, 11) is 0. The minimum Gasteiger partial charge on any atom is -0.464 e. The van der Waals surface area contributed by atoms with Crippen molar-refractivity contribution in [3.63, 3.8) is 0 Å². The maximum atomic E-state index is 10.5. The smallest absolute Gasteiger partial charge is 0.331 e. The van der Waals surface area contributed by atoms with Crippen molar-refractivity contribution in [3.8, 4) is 0 Å². The summed E-state index contributed by atoms with van der Waals surface area (Å²) in [6.07, 6.45) is 1.82. The summed E-state index contributed by atoms with van der Waals surface area (Å²) in [4.78, 5) is 23.3. The molecule has 0 aromatic rings. The molecule has 9 heavy (non-hydrogen) atoms. The van der Waals surface area contributed by atoms with Crippen LogP contribution in [0.5, 0.6) is 0 Å². The van der Waals surface area contributed by atoms with Gasteiger partial charge in [0.2, 0.25) is 6.08 Å². The molecule has 1 rings (SSSR count). The summed E-state index contributed by atoms with van der Waals surface area (Å²) in [6.45, 7) is 0.370. The van der Waals surface area contributed by atoms with Crippen LogP contribution in [0.4, 0.5) is 0 Å². The Morgan fingerprint density at radius 2 is 2.56 bits per heavy atom. The number of esters is 1. The summed E-state index contributed by atoms with van der Waals surface area (Å²) < 4.78 is 4.51. The van der Waals surface area contributed by atoms with Crippen LogP contribution in [0.2, 0.25) is 0 Å². The fourth-order valence-corrected chi connectivity index (χ4v) is 0.666. The third-order valence-electron chi connectivity index (χ3n) is 1.12. The number of ether oxygens (including phenoxy) is 1. The maximum Gasteiger partial charge on any atom is 0.331 e. The first-order valence-electron chi connectivity index (χ1n) is 2.58. The molecule has 1 unspecified atom stereocenters. The van der Waals surface area contributed by atoms with Crippen LogP contribution in [0.25, 0.3) is 0 Å². The lowest BCUT2D eigenvalue weighted by molar-refractivity contribution is -0.138. The highest BCUT2D eigenvalue weighted by molar-refractivity contribution is 5.78. The number of hydrogen-bond acceptors (Lipinski definition) is 4. The normalized spacial score (nSPS) is 24.9. The van der Waals surface area contributed by atoms with Gasteiger partial charge >= 0.3 is 5.97 Å². The molecule has 1 aliphatic heterocycles. The molecule has 0 aliphatic carbocycles. The molecule has 0 saturated carbocycles. The van der Waals surface area contributed by atoms with E-state index in [-0.39, 0.29) is 0 Å². The number of carbonyl (C=O) groups excluding carboxylic acids is 2. The van der Waals surface area contributed by atoms with Crippen LogP contribution in [0.1, 0.15) is 6.42 Å². The van der Waals surface area contributed by atoms with Crippen LogP contribution in [-0.2, 0) is 14.3 Å². The summed E-state index contributed by atoms with van der Waals surface area (Å²) in [6, 6.07) is -0.581. The first-order valence-corrected chi connectivity index (χ1v) is 2.58. The topological polar surface area (TPSA) is 55.7 Å². The lowest BCUT2D eigenvalue weighted by Crippen LogP contribution is -2.10. The lowest BCUT2D eigenvalue weighted by Gasteiger charge is -1.89. The molecule has 4 heteroatoms. The van der Waals surface area contributed by atoms with Crippen molar-refractivity contribution in [1.82, 2.24) is 0 Å².